The van der Waals surface area contributed by atoms with E-state index in [4.69, 9.17) is 5.41 Å². The van der Waals surface area contributed by atoms with Crippen LogP contribution in [0.1, 0.15) is 20.8 Å². The third-order valence-corrected chi connectivity index (χ3v) is 1.06. The zero-order valence-corrected chi connectivity index (χ0v) is 7.50. The molecule has 0 aromatic carbocycles. The van der Waals surface area contributed by atoms with Crippen molar-refractivity contribution in [3.8, 4) is 0 Å². The number of rotatable bonds is 2. The first-order valence-electron chi connectivity index (χ1n) is 3.13. The minimum Gasteiger partial charge on any atom is -0.385 e. The predicted molar refractivity (Wildman–Crippen MR) is 48.7 cm³/mol. The highest BCUT2D eigenvalue weighted by atomic mass is 32.1. The topological polar surface area (TPSA) is 35.9 Å². The second kappa shape index (κ2) is 3.66. The maximum atomic E-state index is 6.81. The average molecular weight is 158 g/mol. The van der Waals surface area contributed by atoms with Crippen molar-refractivity contribution in [3.05, 3.63) is 11.1 Å². The van der Waals surface area contributed by atoms with E-state index in [2.05, 4.69) is 38.7 Å². The van der Waals surface area contributed by atoms with Gasteiger partial charge in [0, 0.05) is 22.9 Å². The van der Waals surface area contributed by atoms with Crippen LogP contribution in [0, 0.1) is 5.41 Å². The summed E-state index contributed by atoms with van der Waals surface area (Å²) < 4.78 is 0. The van der Waals surface area contributed by atoms with E-state index in [1.807, 2.05) is 0 Å². The lowest BCUT2D eigenvalue weighted by Crippen LogP contribution is -2.31. The zero-order chi connectivity index (χ0) is 8.20. The van der Waals surface area contributed by atoms with E-state index in [1.165, 1.54) is 6.21 Å². The Morgan fingerprint density at radius 3 is 2.30 bits per heavy atom. The summed E-state index contributed by atoms with van der Waals surface area (Å²) in [4.78, 5) is 0.634. The van der Waals surface area contributed by atoms with Crippen LogP contribution in [0.25, 0.3) is 0 Å². The Morgan fingerprint density at radius 2 is 2.00 bits per heavy atom. The number of allylic oxidation sites excluding steroid dienone is 1. The molecule has 0 unspecified atom stereocenters. The van der Waals surface area contributed by atoms with Crippen molar-refractivity contribution in [1.29, 1.82) is 5.41 Å². The Balaban J connectivity index is 3.84. The monoisotopic (exact) mass is 158 g/mol. The highest BCUT2D eigenvalue weighted by Gasteiger charge is 2.04. The van der Waals surface area contributed by atoms with Crippen molar-refractivity contribution in [3.63, 3.8) is 0 Å². The summed E-state index contributed by atoms with van der Waals surface area (Å²) in [7, 11) is 0. The van der Waals surface area contributed by atoms with Crippen LogP contribution in [0.5, 0.6) is 0 Å². The SMILES string of the molecule is CC(C)(C)N/C=C(/S)C=N. The van der Waals surface area contributed by atoms with Gasteiger partial charge in [-0.05, 0) is 20.8 Å². The minimum absolute atomic E-state index is 0.0526. The van der Waals surface area contributed by atoms with Gasteiger partial charge in [0.25, 0.3) is 0 Å². The second-order valence-corrected chi connectivity index (χ2v) is 3.62. The largest absolute Gasteiger partial charge is 0.385 e. The van der Waals surface area contributed by atoms with Crippen LogP contribution in [-0.2, 0) is 0 Å². The van der Waals surface area contributed by atoms with Gasteiger partial charge in [-0.25, -0.2) is 0 Å². The molecule has 0 saturated heterocycles. The van der Waals surface area contributed by atoms with E-state index in [-0.39, 0.29) is 5.54 Å². The molecule has 0 amide bonds. The fourth-order valence-corrected chi connectivity index (χ4v) is 0.397. The van der Waals surface area contributed by atoms with Crippen LogP contribution >= 0.6 is 12.6 Å². The molecule has 0 aliphatic rings. The first kappa shape index (κ1) is 9.56. The van der Waals surface area contributed by atoms with Crippen molar-refractivity contribution in [2.45, 2.75) is 26.3 Å². The molecule has 0 atom stereocenters. The van der Waals surface area contributed by atoms with Crippen molar-refractivity contribution in [2.24, 2.45) is 0 Å². The molecule has 0 radical (unpaired) electrons. The molecule has 0 saturated carbocycles. The van der Waals surface area contributed by atoms with Gasteiger partial charge in [-0.2, -0.15) is 0 Å². The average Bonchev–Trinajstić information content (AvgIpc) is 1.81. The highest BCUT2D eigenvalue weighted by Crippen LogP contribution is 2.00. The first-order chi connectivity index (χ1) is 4.45. The number of hydrogen-bond acceptors (Lipinski definition) is 3. The Hall–Kier alpha value is -0.440. The van der Waals surface area contributed by atoms with E-state index < -0.39 is 0 Å². The van der Waals surface area contributed by atoms with Gasteiger partial charge in [0.1, 0.15) is 0 Å². The lowest BCUT2D eigenvalue weighted by Gasteiger charge is -2.18. The van der Waals surface area contributed by atoms with Gasteiger partial charge in [0.05, 0.1) is 0 Å². The van der Waals surface area contributed by atoms with E-state index >= 15 is 0 Å². The standard InChI is InChI=1S/C7H14N2S/c1-7(2,3)9-5-6(10)4-8/h4-5,8-10H,1-3H3/b6-5+,8-4?. The van der Waals surface area contributed by atoms with Crippen LogP contribution in [0.4, 0.5) is 0 Å². The molecule has 0 aliphatic heterocycles. The van der Waals surface area contributed by atoms with Gasteiger partial charge in [-0.1, -0.05) is 0 Å². The minimum atomic E-state index is 0.0526. The Labute approximate surface area is 67.6 Å². The number of nitrogens with one attached hydrogen (secondary N) is 2. The van der Waals surface area contributed by atoms with Crippen LogP contribution in [0.15, 0.2) is 11.1 Å². The fourth-order valence-electron chi connectivity index (χ4n) is 0.332. The molecular formula is C7H14N2S. The van der Waals surface area contributed by atoms with E-state index in [0.717, 1.165) is 0 Å². The van der Waals surface area contributed by atoms with Gasteiger partial charge in [0.2, 0.25) is 0 Å². The van der Waals surface area contributed by atoms with Gasteiger partial charge in [-0.3, -0.25) is 0 Å². The lowest BCUT2D eigenvalue weighted by atomic mass is 10.1. The third-order valence-electron chi connectivity index (χ3n) is 0.801. The maximum Gasteiger partial charge on any atom is 0.0374 e. The third kappa shape index (κ3) is 5.69. The highest BCUT2D eigenvalue weighted by molar-refractivity contribution is 7.85. The summed E-state index contributed by atoms with van der Waals surface area (Å²) in [5.41, 5.74) is 0.0526. The summed E-state index contributed by atoms with van der Waals surface area (Å²) >= 11 is 4.00. The molecule has 0 spiro atoms. The molecule has 2 N–H and O–H groups in total. The van der Waals surface area contributed by atoms with E-state index in [1.54, 1.807) is 6.20 Å². The molecular weight excluding hydrogens is 144 g/mol. The quantitative estimate of drug-likeness (QED) is 0.416. The predicted octanol–water partition coefficient (Wildman–Crippen LogP) is 1.80. The second-order valence-electron chi connectivity index (χ2n) is 3.11. The van der Waals surface area contributed by atoms with E-state index in [9.17, 15) is 0 Å². The van der Waals surface area contributed by atoms with E-state index in [0.29, 0.717) is 4.91 Å². The molecule has 0 heterocycles. The Morgan fingerprint density at radius 1 is 1.50 bits per heavy atom. The molecule has 2 nitrogen and oxygen atoms in total. The van der Waals surface area contributed by atoms with Crippen molar-refractivity contribution in [2.75, 3.05) is 0 Å². The molecule has 0 fully saturated rings. The molecule has 0 aliphatic carbocycles. The maximum absolute atomic E-state index is 6.81. The Bertz CT molecular complexity index is 144. The molecule has 10 heavy (non-hydrogen) atoms. The van der Waals surface area contributed by atoms with Gasteiger partial charge in [0.15, 0.2) is 0 Å². The van der Waals surface area contributed by atoms with Crippen molar-refractivity contribution >= 4 is 18.8 Å². The summed E-state index contributed by atoms with van der Waals surface area (Å²) in [6, 6.07) is 0. The van der Waals surface area contributed by atoms with Crippen LogP contribution in [-0.4, -0.2) is 11.8 Å². The van der Waals surface area contributed by atoms with Crippen molar-refractivity contribution in [1.82, 2.24) is 5.32 Å². The first-order valence-corrected chi connectivity index (χ1v) is 3.58. The smallest absolute Gasteiger partial charge is 0.0374 e. The van der Waals surface area contributed by atoms with Gasteiger partial charge < -0.3 is 10.7 Å². The summed E-state index contributed by atoms with van der Waals surface area (Å²) in [6.45, 7) is 6.15. The zero-order valence-electron chi connectivity index (χ0n) is 6.60. The van der Waals surface area contributed by atoms with Gasteiger partial charge >= 0.3 is 0 Å². The molecule has 0 aromatic heterocycles. The van der Waals surface area contributed by atoms with Crippen LogP contribution < -0.4 is 5.32 Å². The van der Waals surface area contributed by atoms with Crippen LogP contribution in [0.3, 0.4) is 0 Å². The number of thiol groups is 1. The molecule has 0 bridgehead atoms. The lowest BCUT2D eigenvalue weighted by molar-refractivity contribution is 0.491. The van der Waals surface area contributed by atoms with Crippen molar-refractivity contribution < 1.29 is 0 Å². The molecule has 58 valence electrons. The number of hydrogen-bond donors (Lipinski definition) is 3. The summed E-state index contributed by atoms with van der Waals surface area (Å²) in [6.07, 6.45) is 2.91. The summed E-state index contributed by atoms with van der Waals surface area (Å²) in [5.74, 6) is 0. The molecule has 3 heteroatoms. The fraction of sp³-hybridized carbons (Fsp3) is 0.571. The normalized spacial score (nSPS) is 13.0. The molecule has 0 aromatic rings. The van der Waals surface area contributed by atoms with Crippen LogP contribution in [0.2, 0.25) is 0 Å². The van der Waals surface area contributed by atoms with Gasteiger partial charge in [-0.15, -0.1) is 12.6 Å². The Kier molecular flexibility index (Phi) is 3.50. The molecule has 0 rings (SSSR count). The summed E-state index contributed by atoms with van der Waals surface area (Å²) in [5, 5.41) is 9.89.